The van der Waals surface area contributed by atoms with Gasteiger partial charge in [0.1, 0.15) is 12.2 Å². The highest BCUT2D eigenvalue weighted by atomic mass is 19.4. The Bertz CT molecular complexity index is 265. The van der Waals surface area contributed by atoms with Crippen LogP contribution in [0, 0.1) is 0 Å². The molecule has 2 nitrogen and oxygen atoms in total. The van der Waals surface area contributed by atoms with Gasteiger partial charge in [-0.15, -0.1) is 0 Å². The van der Waals surface area contributed by atoms with Crippen molar-refractivity contribution in [1.29, 1.82) is 0 Å². The summed E-state index contributed by atoms with van der Waals surface area (Å²) in [5.41, 5.74) is -0.786. The molecule has 0 spiro atoms. The monoisotopic (exact) mass is 194 g/mol. The molecule has 5 heteroatoms. The van der Waals surface area contributed by atoms with Gasteiger partial charge < -0.3 is 10.2 Å². The second-order valence-corrected chi connectivity index (χ2v) is 2.92. The third-order valence-corrected chi connectivity index (χ3v) is 1.94. The first-order chi connectivity index (χ1) is 5.84. The molecular weight excluding hydrogens is 185 g/mol. The number of allylic oxidation sites excluding steroid dienone is 2. The fraction of sp³-hybridized carbons (Fsp3) is 0.500. The molecule has 0 bridgehead atoms. The molecule has 2 N–H and O–H groups in total. The summed E-state index contributed by atoms with van der Waals surface area (Å²) in [5.74, 6) is 0. The van der Waals surface area contributed by atoms with Crippen LogP contribution in [0.25, 0.3) is 0 Å². The van der Waals surface area contributed by atoms with E-state index in [2.05, 4.69) is 0 Å². The first kappa shape index (κ1) is 10.3. The van der Waals surface area contributed by atoms with Crippen LogP contribution in [0.15, 0.2) is 23.3 Å². The van der Waals surface area contributed by atoms with Gasteiger partial charge in [-0.1, -0.05) is 12.2 Å². The van der Waals surface area contributed by atoms with E-state index in [0.717, 1.165) is 12.2 Å². The van der Waals surface area contributed by atoms with Crippen molar-refractivity contribution in [1.82, 2.24) is 0 Å². The van der Waals surface area contributed by atoms with Crippen molar-refractivity contribution >= 4 is 0 Å². The molecule has 0 aromatic heterocycles. The zero-order chi connectivity index (χ0) is 10.2. The van der Waals surface area contributed by atoms with Gasteiger partial charge >= 0.3 is 6.18 Å². The maximum absolute atomic E-state index is 12.1. The number of alkyl halides is 3. The lowest BCUT2D eigenvalue weighted by atomic mass is 9.93. The average Bonchev–Trinajstić information content (AvgIpc) is 1.98. The summed E-state index contributed by atoms with van der Waals surface area (Å²) in [5, 5.41) is 18.2. The largest absolute Gasteiger partial charge is 0.415 e. The Morgan fingerprint density at radius 3 is 2.15 bits per heavy atom. The van der Waals surface area contributed by atoms with Gasteiger partial charge in [-0.3, -0.25) is 0 Å². The first-order valence-electron chi connectivity index (χ1n) is 3.65. The first-order valence-corrected chi connectivity index (χ1v) is 3.65. The minimum absolute atomic E-state index is 0.320. The zero-order valence-corrected chi connectivity index (χ0v) is 6.84. The van der Waals surface area contributed by atoms with Crippen LogP contribution < -0.4 is 0 Å². The maximum atomic E-state index is 12.1. The lowest BCUT2D eigenvalue weighted by Crippen LogP contribution is -2.36. The van der Waals surface area contributed by atoms with E-state index in [4.69, 9.17) is 10.2 Å². The molecule has 0 aromatic carbocycles. The van der Waals surface area contributed by atoms with E-state index in [0.29, 0.717) is 5.57 Å². The van der Waals surface area contributed by atoms with Crippen LogP contribution >= 0.6 is 0 Å². The van der Waals surface area contributed by atoms with E-state index in [1.165, 1.54) is 6.92 Å². The molecule has 0 saturated heterocycles. The summed E-state index contributed by atoms with van der Waals surface area (Å²) in [6.45, 7) is 1.46. The molecule has 74 valence electrons. The second kappa shape index (κ2) is 3.16. The van der Waals surface area contributed by atoms with E-state index < -0.39 is 24.0 Å². The molecule has 0 radical (unpaired) electrons. The second-order valence-electron chi connectivity index (χ2n) is 2.92. The fourth-order valence-electron chi connectivity index (χ4n) is 1.10. The van der Waals surface area contributed by atoms with Crippen LogP contribution in [-0.2, 0) is 0 Å². The molecule has 0 heterocycles. The van der Waals surface area contributed by atoms with Crippen molar-refractivity contribution in [3.05, 3.63) is 23.3 Å². The van der Waals surface area contributed by atoms with E-state index in [1.54, 1.807) is 0 Å². The highest BCUT2D eigenvalue weighted by molar-refractivity contribution is 5.32. The van der Waals surface area contributed by atoms with Crippen molar-refractivity contribution in [2.45, 2.75) is 25.3 Å². The van der Waals surface area contributed by atoms with Gasteiger partial charge in [0, 0.05) is 0 Å². The van der Waals surface area contributed by atoms with Crippen LogP contribution in [0.5, 0.6) is 0 Å². The average molecular weight is 194 g/mol. The van der Waals surface area contributed by atoms with Crippen molar-refractivity contribution in [2.75, 3.05) is 0 Å². The third kappa shape index (κ3) is 1.92. The number of rotatable bonds is 0. The zero-order valence-electron chi connectivity index (χ0n) is 6.84. The van der Waals surface area contributed by atoms with E-state index in [1.807, 2.05) is 0 Å². The Morgan fingerprint density at radius 2 is 1.69 bits per heavy atom. The number of aliphatic hydroxyl groups excluding tert-OH is 2. The molecule has 1 rings (SSSR count). The normalized spacial score (nSPS) is 29.7. The van der Waals surface area contributed by atoms with E-state index in [9.17, 15) is 13.2 Å². The highest BCUT2D eigenvalue weighted by Crippen LogP contribution is 2.33. The summed E-state index contributed by atoms with van der Waals surface area (Å²) >= 11 is 0. The van der Waals surface area contributed by atoms with Crippen LogP contribution in [0.4, 0.5) is 13.2 Å². The summed E-state index contributed by atoms with van der Waals surface area (Å²) < 4.78 is 36.4. The van der Waals surface area contributed by atoms with Crippen LogP contribution in [-0.4, -0.2) is 28.6 Å². The standard InChI is InChI=1S/C8H9F3O2/c1-4-2-3-5(8(9,10)11)7(13)6(4)12/h2-3,6-7,12-13H,1H3/t6-,7+/m1/s1. The van der Waals surface area contributed by atoms with Crippen molar-refractivity contribution in [3.63, 3.8) is 0 Å². The lowest BCUT2D eigenvalue weighted by Gasteiger charge is -2.25. The Balaban J connectivity index is 3.01. The van der Waals surface area contributed by atoms with Crippen LogP contribution in [0.1, 0.15) is 6.92 Å². The number of halogens is 3. The third-order valence-electron chi connectivity index (χ3n) is 1.94. The fourth-order valence-corrected chi connectivity index (χ4v) is 1.10. The summed E-state index contributed by atoms with van der Waals surface area (Å²) in [4.78, 5) is 0. The van der Waals surface area contributed by atoms with Gasteiger partial charge in [-0.05, 0) is 12.5 Å². The number of aliphatic hydroxyl groups is 2. The summed E-state index contributed by atoms with van der Waals surface area (Å²) in [6.07, 6.45) is -5.98. The minimum atomic E-state index is -4.59. The van der Waals surface area contributed by atoms with Gasteiger partial charge in [0.25, 0.3) is 0 Å². The van der Waals surface area contributed by atoms with Gasteiger partial charge in [0.2, 0.25) is 0 Å². The molecular formula is C8H9F3O2. The lowest BCUT2D eigenvalue weighted by molar-refractivity contribution is -0.113. The SMILES string of the molecule is CC1=CC=C(C(F)(F)F)[C@H](O)[C@@H]1O. The van der Waals surface area contributed by atoms with Gasteiger partial charge in [0.15, 0.2) is 0 Å². The van der Waals surface area contributed by atoms with Crippen molar-refractivity contribution < 1.29 is 23.4 Å². The Labute approximate surface area is 73.0 Å². The molecule has 0 fully saturated rings. The number of hydrogen-bond donors (Lipinski definition) is 2. The Kier molecular flexibility index (Phi) is 2.49. The van der Waals surface area contributed by atoms with Gasteiger partial charge in [0.05, 0.1) is 5.57 Å². The summed E-state index contributed by atoms with van der Waals surface area (Å²) in [6, 6.07) is 0. The van der Waals surface area contributed by atoms with E-state index in [-0.39, 0.29) is 0 Å². The minimum Gasteiger partial charge on any atom is -0.386 e. The Hall–Kier alpha value is -0.810. The molecule has 0 unspecified atom stereocenters. The molecule has 0 aromatic rings. The molecule has 0 aliphatic heterocycles. The molecule has 0 amide bonds. The Morgan fingerprint density at radius 1 is 1.15 bits per heavy atom. The van der Waals surface area contributed by atoms with Gasteiger partial charge in [-0.25, -0.2) is 0 Å². The van der Waals surface area contributed by atoms with E-state index >= 15 is 0 Å². The van der Waals surface area contributed by atoms with Crippen LogP contribution in [0.3, 0.4) is 0 Å². The van der Waals surface area contributed by atoms with Crippen molar-refractivity contribution in [2.24, 2.45) is 0 Å². The summed E-state index contributed by atoms with van der Waals surface area (Å²) in [7, 11) is 0. The smallest absolute Gasteiger partial charge is 0.386 e. The van der Waals surface area contributed by atoms with Gasteiger partial charge in [-0.2, -0.15) is 13.2 Å². The topological polar surface area (TPSA) is 40.5 Å². The quantitative estimate of drug-likeness (QED) is 0.607. The number of hydrogen-bond acceptors (Lipinski definition) is 2. The molecule has 0 saturated carbocycles. The highest BCUT2D eigenvalue weighted by Gasteiger charge is 2.42. The van der Waals surface area contributed by atoms with Crippen molar-refractivity contribution in [3.8, 4) is 0 Å². The molecule has 1 aliphatic rings. The van der Waals surface area contributed by atoms with Crippen LogP contribution in [0.2, 0.25) is 0 Å². The molecule has 1 aliphatic carbocycles. The molecule has 2 atom stereocenters. The predicted molar refractivity (Wildman–Crippen MR) is 39.9 cm³/mol. The predicted octanol–water partition coefficient (Wildman–Crippen LogP) is 1.16. The molecule has 13 heavy (non-hydrogen) atoms. The maximum Gasteiger partial charge on any atom is 0.415 e.